The van der Waals surface area contributed by atoms with Crippen LogP contribution in [-0.4, -0.2) is 44.1 Å². The Kier molecular flexibility index (Phi) is 7.62. The highest BCUT2D eigenvalue weighted by Gasteiger charge is 2.09. The first-order valence-corrected chi connectivity index (χ1v) is 6.36. The average molecular weight is 268 g/mol. The van der Waals surface area contributed by atoms with E-state index in [9.17, 15) is 4.79 Å². The van der Waals surface area contributed by atoms with E-state index in [4.69, 9.17) is 19.3 Å². The molecule has 0 aliphatic carbocycles. The van der Waals surface area contributed by atoms with Crippen LogP contribution >= 0.6 is 0 Å². The molecule has 0 amide bonds. The summed E-state index contributed by atoms with van der Waals surface area (Å²) in [6.45, 7) is 4.80. The zero-order valence-electron chi connectivity index (χ0n) is 11.1. The van der Waals surface area contributed by atoms with Crippen molar-refractivity contribution in [2.45, 2.75) is 13.3 Å². The van der Waals surface area contributed by atoms with Gasteiger partial charge in [0.15, 0.2) is 0 Å². The number of ether oxygens (including phenoxy) is 3. The molecule has 1 aromatic rings. The van der Waals surface area contributed by atoms with Crippen LogP contribution in [0.15, 0.2) is 24.3 Å². The molecule has 19 heavy (non-hydrogen) atoms. The molecule has 0 bridgehead atoms. The molecule has 0 aromatic heterocycles. The minimum Gasteiger partial charge on any atom is -0.493 e. The Morgan fingerprint density at radius 1 is 1.11 bits per heavy atom. The van der Waals surface area contributed by atoms with Crippen molar-refractivity contribution in [1.82, 2.24) is 0 Å². The van der Waals surface area contributed by atoms with E-state index in [0.717, 1.165) is 0 Å². The molecule has 5 heteroatoms. The predicted molar refractivity (Wildman–Crippen MR) is 70.8 cm³/mol. The Morgan fingerprint density at radius 2 is 1.84 bits per heavy atom. The van der Waals surface area contributed by atoms with E-state index >= 15 is 0 Å². The number of rotatable bonds is 10. The normalized spacial score (nSPS) is 10.4. The van der Waals surface area contributed by atoms with Crippen LogP contribution in [0.3, 0.4) is 0 Å². The molecule has 0 saturated heterocycles. The minimum atomic E-state index is -0.983. The number of carboxylic acid groups (broad SMARTS) is 1. The van der Waals surface area contributed by atoms with Crippen molar-refractivity contribution in [1.29, 1.82) is 0 Å². The molecule has 0 saturated carbocycles. The summed E-state index contributed by atoms with van der Waals surface area (Å²) >= 11 is 0. The maximum absolute atomic E-state index is 10.9. The topological polar surface area (TPSA) is 65.0 Å². The highest BCUT2D eigenvalue weighted by molar-refractivity contribution is 5.90. The van der Waals surface area contributed by atoms with Crippen molar-refractivity contribution in [3.05, 3.63) is 29.8 Å². The van der Waals surface area contributed by atoms with E-state index in [1.165, 1.54) is 6.07 Å². The van der Waals surface area contributed by atoms with Crippen LogP contribution in [0.2, 0.25) is 0 Å². The highest BCUT2D eigenvalue weighted by Crippen LogP contribution is 2.17. The van der Waals surface area contributed by atoms with E-state index in [0.29, 0.717) is 45.2 Å². The van der Waals surface area contributed by atoms with Crippen molar-refractivity contribution in [3.8, 4) is 5.75 Å². The first-order chi connectivity index (χ1) is 9.25. The van der Waals surface area contributed by atoms with Crippen LogP contribution in [0.25, 0.3) is 0 Å². The number of para-hydroxylation sites is 1. The molecule has 0 radical (unpaired) electrons. The third kappa shape index (κ3) is 6.22. The Hall–Kier alpha value is -1.59. The Balaban J connectivity index is 2.17. The summed E-state index contributed by atoms with van der Waals surface area (Å²) in [5.74, 6) is -0.590. The predicted octanol–water partition coefficient (Wildman–Crippen LogP) is 2.21. The van der Waals surface area contributed by atoms with Crippen LogP contribution in [0.5, 0.6) is 5.75 Å². The van der Waals surface area contributed by atoms with E-state index < -0.39 is 5.97 Å². The lowest BCUT2D eigenvalue weighted by Crippen LogP contribution is -2.09. The van der Waals surface area contributed by atoms with Gasteiger partial charge in [0.2, 0.25) is 0 Å². The maximum Gasteiger partial charge on any atom is 0.339 e. The lowest BCUT2D eigenvalue weighted by Gasteiger charge is -2.09. The molecule has 106 valence electrons. The van der Waals surface area contributed by atoms with Crippen molar-refractivity contribution in [2.75, 3.05) is 33.0 Å². The van der Waals surface area contributed by atoms with Gasteiger partial charge in [-0.05, 0) is 19.1 Å². The van der Waals surface area contributed by atoms with Gasteiger partial charge in [0.1, 0.15) is 11.3 Å². The third-order valence-electron chi connectivity index (χ3n) is 2.38. The molecule has 0 atom stereocenters. The van der Waals surface area contributed by atoms with Gasteiger partial charge in [0, 0.05) is 19.6 Å². The second-order valence-electron chi connectivity index (χ2n) is 3.81. The SMILES string of the molecule is CCOCCOCCCOc1ccccc1C(=O)O. The van der Waals surface area contributed by atoms with Crippen LogP contribution in [0.4, 0.5) is 0 Å². The molecule has 1 aromatic carbocycles. The average Bonchev–Trinajstić information content (AvgIpc) is 2.42. The summed E-state index contributed by atoms with van der Waals surface area (Å²) in [6, 6.07) is 6.60. The highest BCUT2D eigenvalue weighted by atomic mass is 16.5. The van der Waals surface area contributed by atoms with Crippen LogP contribution in [0, 0.1) is 0 Å². The van der Waals surface area contributed by atoms with Crippen molar-refractivity contribution in [2.24, 2.45) is 0 Å². The summed E-state index contributed by atoms with van der Waals surface area (Å²) in [5, 5.41) is 8.97. The van der Waals surface area contributed by atoms with E-state index in [-0.39, 0.29) is 5.56 Å². The molecule has 0 aliphatic heterocycles. The fraction of sp³-hybridized carbons (Fsp3) is 0.500. The molecule has 0 fully saturated rings. The van der Waals surface area contributed by atoms with Crippen molar-refractivity contribution < 1.29 is 24.1 Å². The van der Waals surface area contributed by atoms with Crippen LogP contribution < -0.4 is 4.74 Å². The van der Waals surface area contributed by atoms with Gasteiger partial charge in [0.05, 0.1) is 19.8 Å². The second-order valence-corrected chi connectivity index (χ2v) is 3.81. The Labute approximate surface area is 113 Å². The summed E-state index contributed by atoms with van der Waals surface area (Å²) < 4.78 is 15.9. The van der Waals surface area contributed by atoms with Gasteiger partial charge in [-0.2, -0.15) is 0 Å². The van der Waals surface area contributed by atoms with Crippen LogP contribution in [-0.2, 0) is 9.47 Å². The zero-order chi connectivity index (χ0) is 13.9. The van der Waals surface area contributed by atoms with E-state index in [1.54, 1.807) is 18.2 Å². The van der Waals surface area contributed by atoms with Crippen LogP contribution in [0.1, 0.15) is 23.7 Å². The van der Waals surface area contributed by atoms with Crippen molar-refractivity contribution in [3.63, 3.8) is 0 Å². The summed E-state index contributed by atoms with van der Waals surface area (Å²) in [7, 11) is 0. The molecule has 0 aliphatic rings. The van der Waals surface area contributed by atoms with Gasteiger partial charge < -0.3 is 19.3 Å². The first kappa shape index (κ1) is 15.5. The minimum absolute atomic E-state index is 0.180. The lowest BCUT2D eigenvalue weighted by atomic mass is 10.2. The van der Waals surface area contributed by atoms with Crippen molar-refractivity contribution >= 4 is 5.97 Å². The Bertz CT molecular complexity index is 378. The summed E-state index contributed by atoms with van der Waals surface area (Å²) in [4.78, 5) is 10.9. The Morgan fingerprint density at radius 3 is 2.58 bits per heavy atom. The number of hydrogen-bond acceptors (Lipinski definition) is 4. The fourth-order valence-electron chi connectivity index (χ4n) is 1.48. The largest absolute Gasteiger partial charge is 0.493 e. The number of hydrogen-bond donors (Lipinski definition) is 1. The first-order valence-electron chi connectivity index (χ1n) is 6.36. The van der Waals surface area contributed by atoms with E-state index in [2.05, 4.69) is 0 Å². The molecule has 0 spiro atoms. The monoisotopic (exact) mass is 268 g/mol. The van der Waals surface area contributed by atoms with Gasteiger partial charge >= 0.3 is 5.97 Å². The molecule has 1 N–H and O–H groups in total. The standard InChI is InChI=1S/C14H20O5/c1-2-17-10-11-18-8-5-9-19-13-7-4-3-6-12(13)14(15)16/h3-4,6-7H,2,5,8-11H2,1H3,(H,15,16). The molecular formula is C14H20O5. The number of carboxylic acids is 1. The summed E-state index contributed by atoms with van der Waals surface area (Å²) in [5.41, 5.74) is 0.180. The smallest absolute Gasteiger partial charge is 0.339 e. The zero-order valence-corrected chi connectivity index (χ0v) is 11.1. The van der Waals surface area contributed by atoms with E-state index in [1.807, 2.05) is 6.92 Å². The number of benzene rings is 1. The quantitative estimate of drug-likeness (QED) is 0.659. The van der Waals surface area contributed by atoms with Gasteiger partial charge in [0.25, 0.3) is 0 Å². The lowest BCUT2D eigenvalue weighted by molar-refractivity contribution is 0.0481. The maximum atomic E-state index is 10.9. The number of aromatic carboxylic acids is 1. The fourth-order valence-corrected chi connectivity index (χ4v) is 1.48. The second kappa shape index (κ2) is 9.35. The summed E-state index contributed by atoms with van der Waals surface area (Å²) in [6.07, 6.45) is 0.708. The molecular weight excluding hydrogens is 248 g/mol. The molecule has 0 heterocycles. The number of carbonyl (C=O) groups is 1. The van der Waals surface area contributed by atoms with Gasteiger partial charge in [-0.3, -0.25) is 0 Å². The third-order valence-corrected chi connectivity index (χ3v) is 2.38. The van der Waals surface area contributed by atoms with Gasteiger partial charge in [-0.1, -0.05) is 12.1 Å². The molecule has 5 nitrogen and oxygen atoms in total. The van der Waals surface area contributed by atoms with Gasteiger partial charge in [-0.15, -0.1) is 0 Å². The molecule has 1 rings (SSSR count). The molecule has 0 unspecified atom stereocenters. The van der Waals surface area contributed by atoms with Gasteiger partial charge in [-0.25, -0.2) is 4.79 Å².